The molecule has 3 aliphatic rings. The quantitative estimate of drug-likeness (QED) is 0.872. The van der Waals surface area contributed by atoms with Crippen LogP contribution in [0.4, 0.5) is 0 Å². The summed E-state index contributed by atoms with van der Waals surface area (Å²) in [6.07, 6.45) is 6.71. The van der Waals surface area contributed by atoms with Gasteiger partial charge in [-0.05, 0) is 50.1 Å². The first-order valence-electron chi connectivity index (χ1n) is 8.16. The predicted molar refractivity (Wildman–Crippen MR) is 83.6 cm³/mol. The maximum absolute atomic E-state index is 12.0. The predicted octanol–water partition coefficient (Wildman–Crippen LogP) is 0.856. The smallest absolute Gasteiger partial charge is 0.214 e. The van der Waals surface area contributed by atoms with Crippen molar-refractivity contribution in [2.75, 3.05) is 13.1 Å². The highest BCUT2D eigenvalue weighted by Gasteiger charge is 2.50. The average molecular weight is 324 g/mol. The van der Waals surface area contributed by atoms with Crippen molar-refractivity contribution in [1.82, 2.24) is 19.4 Å². The molecule has 122 valence electrons. The minimum atomic E-state index is -3.03. The number of hydrogen-bond donors (Lipinski definition) is 1. The second-order valence-electron chi connectivity index (χ2n) is 7.37. The highest BCUT2D eigenvalue weighted by molar-refractivity contribution is 7.90. The summed E-state index contributed by atoms with van der Waals surface area (Å²) in [4.78, 5) is 2.47. The van der Waals surface area contributed by atoms with Crippen molar-refractivity contribution in [2.24, 2.45) is 12.5 Å². The second-order valence-corrected chi connectivity index (χ2v) is 9.37. The Kier molecular flexibility index (Phi) is 3.36. The molecule has 1 aliphatic heterocycles. The highest BCUT2D eigenvalue weighted by atomic mass is 32.2. The zero-order chi connectivity index (χ0) is 15.4. The van der Waals surface area contributed by atoms with Crippen molar-refractivity contribution in [3.05, 3.63) is 18.0 Å². The van der Waals surface area contributed by atoms with Crippen LogP contribution in [0.15, 0.2) is 12.3 Å². The first kappa shape index (κ1) is 14.7. The number of aromatic nitrogens is 2. The monoisotopic (exact) mass is 324 g/mol. The van der Waals surface area contributed by atoms with Crippen LogP contribution in [0.5, 0.6) is 0 Å². The summed E-state index contributed by atoms with van der Waals surface area (Å²) < 4.78 is 28.8. The van der Waals surface area contributed by atoms with E-state index in [4.69, 9.17) is 0 Å². The molecule has 1 aromatic rings. The molecule has 0 amide bonds. The largest absolute Gasteiger partial charge is 0.297 e. The summed E-state index contributed by atoms with van der Waals surface area (Å²) in [5.41, 5.74) is 1.58. The van der Waals surface area contributed by atoms with Crippen molar-refractivity contribution in [2.45, 2.75) is 49.9 Å². The maximum atomic E-state index is 12.0. The third-order valence-corrected chi connectivity index (χ3v) is 7.49. The van der Waals surface area contributed by atoms with Gasteiger partial charge >= 0.3 is 0 Å². The highest BCUT2D eigenvalue weighted by Crippen LogP contribution is 2.49. The molecule has 1 saturated heterocycles. The van der Waals surface area contributed by atoms with Gasteiger partial charge in [0, 0.05) is 32.4 Å². The van der Waals surface area contributed by atoms with Crippen LogP contribution >= 0.6 is 0 Å². The van der Waals surface area contributed by atoms with Gasteiger partial charge in [-0.1, -0.05) is 0 Å². The van der Waals surface area contributed by atoms with E-state index in [1.54, 1.807) is 0 Å². The summed E-state index contributed by atoms with van der Waals surface area (Å²) >= 11 is 0. The summed E-state index contributed by atoms with van der Waals surface area (Å²) in [7, 11) is -1.05. The van der Waals surface area contributed by atoms with Gasteiger partial charge in [0.25, 0.3) is 0 Å². The third-order valence-electron chi connectivity index (χ3n) is 5.48. The Morgan fingerprint density at radius 2 is 2.18 bits per heavy atom. The molecular formula is C15H24N4O2S. The fourth-order valence-electron chi connectivity index (χ4n) is 4.06. The van der Waals surface area contributed by atoms with Crippen molar-refractivity contribution in [1.29, 1.82) is 0 Å². The van der Waals surface area contributed by atoms with E-state index in [1.165, 1.54) is 12.1 Å². The molecule has 6 nitrogen and oxygen atoms in total. The molecule has 1 spiro atoms. The van der Waals surface area contributed by atoms with E-state index in [0.29, 0.717) is 5.41 Å². The fourth-order valence-corrected chi connectivity index (χ4v) is 5.64. The Hall–Kier alpha value is -0.920. The zero-order valence-electron chi connectivity index (χ0n) is 13.0. The van der Waals surface area contributed by atoms with Crippen LogP contribution in [0.1, 0.15) is 37.8 Å². The van der Waals surface area contributed by atoms with E-state index in [-0.39, 0.29) is 11.3 Å². The first-order chi connectivity index (χ1) is 10.5. The number of nitrogens with one attached hydrogen (secondary N) is 1. The second kappa shape index (κ2) is 5.04. The SMILES string of the molecule is Cn1nccc1CN1CCC2(CC(NS(=O)(=O)C3CC3)C2)C1. The lowest BCUT2D eigenvalue weighted by atomic mass is 9.65. The van der Waals surface area contributed by atoms with E-state index < -0.39 is 10.0 Å². The molecule has 0 unspecified atom stereocenters. The lowest BCUT2D eigenvalue weighted by molar-refractivity contribution is 0.101. The van der Waals surface area contributed by atoms with Gasteiger partial charge in [0.2, 0.25) is 10.0 Å². The molecule has 1 N–H and O–H groups in total. The van der Waals surface area contributed by atoms with E-state index in [2.05, 4.69) is 20.8 Å². The minimum absolute atomic E-state index is 0.103. The first-order valence-corrected chi connectivity index (χ1v) is 9.71. The van der Waals surface area contributed by atoms with Crippen LogP contribution in [-0.4, -0.2) is 47.5 Å². The standard InChI is InChI=1S/C15H24N4O2S/c1-18-13(4-6-16-18)10-19-7-5-15(11-19)8-12(9-15)17-22(20,21)14-2-3-14/h4,6,12,14,17H,2-3,5,7-11H2,1H3. The van der Waals surface area contributed by atoms with Crippen molar-refractivity contribution < 1.29 is 8.42 Å². The molecule has 0 radical (unpaired) electrons. The van der Waals surface area contributed by atoms with Crippen LogP contribution in [0.25, 0.3) is 0 Å². The van der Waals surface area contributed by atoms with Gasteiger partial charge in [0.15, 0.2) is 0 Å². The van der Waals surface area contributed by atoms with E-state index in [9.17, 15) is 8.42 Å². The Balaban J connectivity index is 1.30. The van der Waals surface area contributed by atoms with Gasteiger partial charge in [0.1, 0.15) is 0 Å². The topological polar surface area (TPSA) is 67.2 Å². The Bertz CT molecular complexity index is 659. The molecule has 0 aromatic carbocycles. The molecule has 2 heterocycles. The molecule has 4 rings (SSSR count). The molecular weight excluding hydrogens is 300 g/mol. The molecule has 0 atom stereocenters. The lowest BCUT2D eigenvalue weighted by Gasteiger charge is -2.45. The number of nitrogens with zero attached hydrogens (tertiary/aromatic N) is 3. The van der Waals surface area contributed by atoms with Crippen molar-refractivity contribution in [3.8, 4) is 0 Å². The van der Waals surface area contributed by atoms with Crippen LogP contribution < -0.4 is 4.72 Å². The normalized spacial score (nSPS) is 32.5. The number of hydrogen-bond acceptors (Lipinski definition) is 4. The molecule has 2 saturated carbocycles. The van der Waals surface area contributed by atoms with E-state index >= 15 is 0 Å². The van der Waals surface area contributed by atoms with Crippen molar-refractivity contribution >= 4 is 10.0 Å². The fraction of sp³-hybridized carbons (Fsp3) is 0.800. The summed E-state index contributed by atoms with van der Waals surface area (Å²) in [6.45, 7) is 3.13. The summed E-state index contributed by atoms with van der Waals surface area (Å²) in [6, 6.07) is 2.24. The summed E-state index contributed by atoms with van der Waals surface area (Å²) in [5, 5.41) is 4.11. The Morgan fingerprint density at radius 1 is 1.41 bits per heavy atom. The van der Waals surface area contributed by atoms with Gasteiger partial charge in [-0.3, -0.25) is 9.58 Å². The van der Waals surface area contributed by atoms with Crippen LogP contribution in [0.2, 0.25) is 0 Å². The van der Waals surface area contributed by atoms with Crippen molar-refractivity contribution in [3.63, 3.8) is 0 Å². The molecule has 1 aromatic heterocycles. The van der Waals surface area contributed by atoms with E-state index in [1.807, 2.05) is 17.9 Å². The third kappa shape index (κ3) is 2.70. The summed E-state index contributed by atoms with van der Waals surface area (Å²) in [5.74, 6) is 0. The van der Waals surface area contributed by atoms with E-state index in [0.717, 1.165) is 45.3 Å². The number of sulfonamides is 1. The van der Waals surface area contributed by atoms with Crippen LogP contribution in [0, 0.1) is 5.41 Å². The Morgan fingerprint density at radius 3 is 2.82 bits per heavy atom. The average Bonchev–Trinajstić information content (AvgIpc) is 3.11. The maximum Gasteiger partial charge on any atom is 0.214 e. The van der Waals surface area contributed by atoms with Gasteiger partial charge in [0.05, 0.1) is 10.9 Å². The zero-order valence-corrected chi connectivity index (χ0v) is 13.8. The number of aryl methyl sites for hydroxylation is 1. The van der Waals surface area contributed by atoms with Gasteiger partial charge in [-0.15, -0.1) is 0 Å². The molecule has 2 aliphatic carbocycles. The molecule has 3 fully saturated rings. The van der Waals surface area contributed by atoms with Crippen LogP contribution in [-0.2, 0) is 23.6 Å². The number of rotatable bonds is 5. The molecule has 22 heavy (non-hydrogen) atoms. The molecule has 7 heteroatoms. The lowest BCUT2D eigenvalue weighted by Crippen LogP contribution is -2.52. The van der Waals surface area contributed by atoms with Gasteiger partial charge in [-0.2, -0.15) is 5.10 Å². The molecule has 0 bridgehead atoms. The van der Waals surface area contributed by atoms with Gasteiger partial charge < -0.3 is 0 Å². The Labute approximate surface area is 131 Å². The van der Waals surface area contributed by atoms with Gasteiger partial charge in [-0.25, -0.2) is 13.1 Å². The number of likely N-dealkylation sites (tertiary alicyclic amines) is 1. The minimum Gasteiger partial charge on any atom is -0.297 e. The van der Waals surface area contributed by atoms with Crippen LogP contribution in [0.3, 0.4) is 0 Å².